The fraction of sp³-hybridized carbons (Fsp3) is 0.769. The molecule has 8 saturated heterocycles. The summed E-state index contributed by atoms with van der Waals surface area (Å²) in [6.45, 7) is 16.0. The molecule has 10 rings (SSSR count). The molecule has 0 aliphatic carbocycles. The zero-order chi connectivity index (χ0) is 44.2. The first-order chi connectivity index (χ1) is 30.8. The van der Waals surface area contributed by atoms with Gasteiger partial charge in [-0.15, -0.1) is 0 Å². The van der Waals surface area contributed by atoms with Crippen LogP contribution in [0.2, 0.25) is 0 Å². The van der Waals surface area contributed by atoms with Gasteiger partial charge in [0, 0.05) is 106 Å². The maximum Gasteiger partial charge on any atom is 2.00 e. The molecule has 8 aliphatic heterocycles. The van der Waals surface area contributed by atoms with Crippen molar-refractivity contribution in [2.24, 2.45) is 0 Å². The van der Waals surface area contributed by atoms with Crippen LogP contribution in [0.5, 0.6) is 0 Å². The van der Waals surface area contributed by atoms with Crippen molar-refractivity contribution in [1.82, 2.24) is 0 Å². The number of benzene rings is 2. The van der Waals surface area contributed by atoms with E-state index in [9.17, 15) is 0 Å². The summed E-state index contributed by atoms with van der Waals surface area (Å²) in [7, 11) is 0. The van der Waals surface area contributed by atoms with Crippen molar-refractivity contribution in [2.75, 3.05) is 106 Å². The van der Waals surface area contributed by atoms with Gasteiger partial charge in [0.2, 0.25) is 0 Å². The van der Waals surface area contributed by atoms with E-state index >= 15 is 0 Å². The molecule has 0 unspecified atom stereocenters. The summed E-state index contributed by atoms with van der Waals surface area (Å²) in [6, 6.07) is 21.5. The molecule has 8 aliphatic rings. The van der Waals surface area contributed by atoms with Crippen LogP contribution in [-0.4, -0.2) is 181 Å². The molecule has 0 saturated carbocycles. The Morgan fingerprint density at radius 2 is 0.364 bits per heavy atom. The van der Waals surface area contributed by atoms with Gasteiger partial charge in [-0.3, -0.25) is 0 Å². The van der Waals surface area contributed by atoms with Crippen LogP contribution in [0.1, 0.15) is 154 Å². The maximum atomic E-state index is 5.07. The van der Waals surface area contributed by atoms with Crippen molar-refractivity contribution in [1.29, 1.82) is 0 Å². The number of rotatable bonds is 0. The van der Waals surface area contributed by atoms with Crippen molar-refractivity contribution >= 4 is 121 Å². The van der Waals surface area contributed by atoms with Crippen molar-refractivity contribution in [3.8, 4) is 0 Å². The van der Waals surface area contributed by atoms with Gasteiger partial charge in [-0.1, -0.05) is 52.3 Å². The third-order valence-corrected chi connectivity index (χ3v) is 11.4. The predicted molar refractivity (Wildman–Crippen MR) is 285 cm³/mol. The summed E-state index contributed by atoms with van der Waals surface area (Å²) >= 11 is 4.52. The largest absolute Gasteiger partial charge is 2.00 e. The van der Waals surface area contributed by atoms with Gasteiger partial charge in [0.1, 0.15) is 0 Å². The molecule has 0 N–H and O–H groups in total. The number of hydrogen-bond acceptors (Lipinski definition) is 8. The minimum atomic E-state index is 0. The van der Waals surface area contributed by atoms with E-state index in [2.05, 4.69) is 57.3 Å². The third kappa shape index (κ3) is 65.6. The summed E-state index contributed by atoms with van der Waals surface area (Å²) in [4.78, 5) is 0. The van der Waals surface area contributed by atoms with Crippen LogP contribution in [-0.2, 0) is 37.9 Å². The first kappa shape index (κ1) is 76.1. The summed E-state index contributed by atoms with van der Waals surface area (Å²) in [6.07, 6.45) is 31.4. The molecule has 0 spiro atoms. The summed E-state index contributed by atoms with van der Waals surface area (Å²) in [5, 5.41) is 0. The molecule has 8 fully saturated rings. The molecule has 0 radical (unpaired) electrons. The molecule has 0 bridgehead atoms. The van der Waals surface area contributed by atoms with Gasteiger partial charge < -0.3 is 85.8 Å². The topological polar surface area (TPSA) is 73.8 Å². The molecule has 8 nitrogen and oxygen atoms in total. The zero-order valence-corrected chi connectivity index (χ0v) is 54.1. The van der Waals surface area contributed by atoms with E-state index in [1.54, 1.807) is 0 Å². The molecule has 2 aromatic carbocycles. The third-order valence-electron chi connectivity index (χ3n) is 9.97. The first-order valence-corrected chi connectivity index (χ1v) is 26.8. The van der Waals surface area contributed by atoms with Gasteiger partial charge in [0.15, 0.2) is 0 Å². The van der Waals surface area contributed by atoms with Crippen LogP contribution in [0.15, 0.2) is 48.5 Å². The molecular formula is C52H88Ca2I4O8. The van der Waals surface area contributed by atoms with E-state index in [-0.39, 0.29) is 123 Å². The van der Waals surface area contributed by atoms with E-state index < -0.39 is 0 Å². The summed E-state index contributed by atoms with van der Waals surface area (Å²) < 4.78 is 43.1. The first-order valence-electron chi connectivity index (χ1n) is 24.6. The molecule has 66 heavy (non-hydrogen) atoms. The van der Waals surface area contributed by atoms with Crippen molar-refractivity contribution in [3.63, 3.8) is 0 Å². The van der Waals surface area contributed by atoms with Gasteiger partial charge in [-0.25, -0.2) is 0 Å². The van der Waals surface area contributed by atoms with E-state index in [1.165, 1.54) is 161 Å². The Labute approximate surface area is 526 Å². The molecule has 0 aromatic heterocycles. The molecule has 2 aromatic rings. The number of halogens is 4. The Kier molecular flexibility index (Phi) is 79.0. The van der Waals surface area contributed by atoms with E-state index in [0.717, 1.165) is 106 Å². The molecular weight excluding hydrogens is 1340 g/mol. The van der Waals surface area contributed by atoms with Gasteiger partial charge in [0.05, 0.1) is 0 Å². The minimum absolute atomic E-state index is 0. The van der Waals surface area contributed by atoms with E-state index in [0.29, 0.717) is 0 Å². The Bertz CT molecular complexity index is 803. The van der Waals surface area contributed by atoms with Crippen LogP contribution in [0.25, 0.3) is 0 Å². The Morgan fingerprint density at radius 1 is 0.242 bits per heavy atom. The Morgan fingerprint density at radius 3 is 0.409 bits per heavy atom. The quantitative estimate of drug-likeness (QED) is 0.160. The summed E-state index contributed by atoms with van der Waals surface area (Å²) in [5.41, 5.74) is 0. The van der Waals surface area contributed by atoms with Gasteiger partial charge in [0.25, 0.3) is 0 Å². The van der Waals surface area contributed by atoms with Crippen LogP contribution in [0, 0.1) is 19.3 Å². The molecule has 0 amide bonds. The van der Waals surface area contributed by atoms with E-state index in [4.69, 9.17) is 37.9 Å². The molecule has 14 heteroatoms. The van der Waals surface area contributed by atoms with Gasteiger partial charge >= 0.3 is 75.5 Å². The van der Waals surface area contributed by atoms with Crippen LogP contribution < -0.4 is 48.0 Å². The van der Waals surface area contributed by atoms with Crippen molar-refractivity contribution < 1.29 is 85.8 Å². The van der Waals surface area contributed by atoms with Crippen LogP contribution in [0.3, 0.4) is 0 Å². The van der Waals surface area contributed by atoms with E-state index in [1.807, 2.05) is 48.5 Å². The molecule has 0 atom stereocenters. The Hall–Kier alpha value is 3.56. The average Bonchev–Trinajstić information content (AvgIpc) is 3.40. The average molecular weight is 1430 g/mol. The van der Waals surface area contributed by atoms with Crippen LogP contribution >= 0.6 is 45.2 Å². The molecule has 8 heterocycles. The molecule has 376 valence electrons. The SMILES string of the molecule is C1CCOCC1.C1CCOCC1.C1CCOCC1.C1CCOCC1.C1CCOCC1.C1CCOCC1.C1CCOCC1.C1CCOCC1.Ic1cc[c-]cc1.Ic1cc[c-]cc1.[Ca+2].[Ca+2].[I-].[I-]. The fourth-order valence-corrected chi connectivity index (χ4v) is 6.95. The monoisotopic (exact) mass is 1430 g/mol. The normalized spacial score (nSPS) is 19.3. The zero-order valence-electron chi connectivity index (χ0n) is 41.1. The second-order valence-corrected chi connectivity index (χ2v) is 18.3. The number of ether oxygens (including phenoxy) is 8. The van der Waals surface area contributed by atoms with Crippen LogP contribution in [0.4, 0.5) is 0 Å². The Balaban J connectivity index is -0.000000322. The van der Waals surface area contributed by atoms with Gasteiger partial charge in [-0.2, -0.15) is 60.7 Å². The maximum absolute atomic E-state index is 5.07. The second kappa shape index (κ2) is 68.6. The standard InChI is InChI=1S/2C6H4I.8C5H10O.2Ca.2HI/c2*7-6-4-2-1-3-5-6;8*1-2-4-6-5-3-1;;;;/h2*2-5H;8*1-5H2;;;2*1H/q2*-1;;;;;;;;;2*+2;;/p-2. The second-order valence-electron chi connectivity index (χ2n) is 15.8. The fourth-order valence-electron chi connectivity index (χ4n) is 6.23. The smallest absolute Gasteiger partial charge is 1.00 e. The van der Waals surface area contributed by atoms with Crippen molar-refractivity contribution in [3.05, 3.63) is 67.8 Å². The van der Waals surface area contributed by atoms with Gasteiger partial charge in [-0.05, 0) is 154 Å². The summed E-state index contributed by atoms with van der Waals surface area (Å²) in [5.74, 6) is 0. The number of hydrogen-bond donors (Lipinski definition) is 0. The van der Waals surface area contributed by atoms with Crippen molar-refractivity contribution in [2.45, 2.75) is 154 Å². The minimum Gasteiger partial charge on any atom is -1.00 e. The predicted octanol–water partition coefficient (Wildman–Crippen LogP) is 6.92.